The summed E-state index contributed by atoms with van der Waals surface area (Å²) in [5, 5.41) is 20.0. The van der Waals surface area contributed by atoms with Crippen LogP contribution in [-0.2, 0) is 49.3 Å². The molecule has 0 radical (unpaired) electrons. The lowest BCUT2D eigenvalue weighted by atomic mass is 9.92. The van der Waals surface area contributed by atoms with Crippen LogP contribution in [0, 0.1) is 17.8 Å². The molecule has 23 heteroatoms. The number of carbonyl (C=O) groups is 8. The van der Waals surface area contributed by atoms with Gasteiger partial charge in [0.1, 0.15) is 16.7 Å². The van der Waals surface area contributed by atoms with E-state index < -0.39 is 73.5 Å². The lowest BCUT2D eigenvalue weighted by Gasteiger charge is -2.38. The van der Waals surface area contributed by atoms with E-state index in [4.69, 9.17) is 9.26 Å². The number of hydrogen-bond acceptors (Lipinski definition) is 14. The zero-order valence-electron chi connectivity index (χ0n) is 41.0. The lowest BCUT2D eigenvalue weighted by Crippen LogP contribution is -2.58. The predicted octanol–water partition coefficient (Wildman–Crippen LogP) is 4.59. The van der Waals surface area contributed by atoms with E-state index in [0.29, 0.717) is 24.8 Å². The minimum absolute atomic E-state index is 0.0205. The Balaban J connectivity index is 1.52. The molecule has 0 aliphatic carbocycles. The standard InChI is InChI=1S/C47H68N7O14PS/c1-9-28(4)42(51-44(60)35-14-10-12-20-52(35)7)46(61)53(8)36(27(2)3)25-38(67-30(6)55)45-50-34(26-70-45)43(59)48-32(22-29(5)47(62)63)23-31-16-17-37(68-69(64,65)66)33(24-31)49-39(56)15-11-13-21-54-40(57)18-19-41(54)58/h16-19,24,26-29,32,35-36,38,42H,9-15,20-23,25H2,1-8H3,(H,48,59)(H,49,56)(H,51,60)(H,62,63)(H2,64,65,66)/t28-,29?,32+,35?,36+,38+,42?/m0/s1. The van der Waals surface area contributed by atoms with E-state index >= 15 is 0 Å². The van der Waals surface area contributed by atoms with E-state index in [1.165, 1.54) is 37.4 Å². The summed E-state index contributed by atoms with van der Waals surface area (Å²) >= 11 is 1.06. The van der Waals surface area contributed by atoms with Gasteiger partial charge in [-0.3, -0.25) is 57.9 Å². The van der Waals surface area contributed by atoms with Gasteiger partial charge in [-0.1, -0.05) is 53.5 Å². The van der Waals surface area contributed by atoms with Gasteiger partial charge in [0.25, 0.3) is 17.7 Å². The Morgan fingerprint density at radius 1 is 1.00 bits per heavy atom. The number of amides is 6. The van der Waals surface area contributed by atoms with Crippen LogP contribution in [0.1, 0.15) is 126 Å². The van der Waals surface area contributed by atoms with Gasteiger partial charge in [0.05, 0.1) is 17.6 Å². The molecular formula is C47H68N7O14PS. The van der Waals surface area contributed by atoms with E-state index in [9.17, 15) is 57.8 Å². The number of ether oxygens (including phenoxy) is 1. The number of piperidine rings is 1. The van der Waals surface area contributed by atoms with Crippen molar-refractivity contribution in [3.8, 4) is 5.75 Å². The molecule has 3 unspecified atom stereocenters. The van der Waals surface area contributed by atoms with Crippen molar-refractivity contribution in [2.75, 3.05) is 32.5 Å². The van der Waals surface area contributed by atoms with Crippen molar-refractivity contribution in [3.05, 3.63) is 52.0 Å². The van der Waals surface area contributed by atoms with Gasteiger partial charge >= 0.3 is 19.8 Å². The first kappa shape index (κ1) is 57.0. The molecular weight excluding hydrogens is 950 g/mol. The number of anilines is 1. The third kappa shape index (κ3) is 16.8. The summed E-state index contributed by atoms with van der Waals surface area (Å²) in [5.74, 6) is -6.05. The van der Waals surface area contributed by atoms with E-state index in [-0.39, 0.29) is 90.5 Å². The van der Waals surface area contributed by atoms with E-state index in [0.717, 1.165) is 47.8 Å². The lowest BCUT2D eigenvalue weighted by molar-refractivity contribution is -0.149. The number of hydrogen-bond donors (Lipinski definition) is 6. The average molecular weight is 1020 g/mol. The molecule has 1 saturated heterocycles. The molecule has 6 amide bonds. The molecule has 2 aromatic rings. The number of likely N-dealkylation sites (tertiary alicyclic amines) is 1. The molecule has 1 aromatic heterocycles. The first-order valence-corrected chi connectivity index (χ1v) is 25.9. The van der Waals surface area contributed by atoms with Crippen LogP contribution in [0.3, 0.4) is 0 Å². The Labute approximate surface area is 412 Å². The van der Waals surface area contributed by atoms with Gasteiger partial charge in [-0.25, -0.2) is 9.55 Å². The maximum absolute atomic E-state index is 14.3. The SMILES string of the molecule is CC[C@H](C)C(NC(=O)C1CCCCN1C)C(=O)N(C)[C@H](C[C@@H](OC(C)=O)c1nc(C(=O)N[C@@H](Cc2ccc(OP(=O)(O)O)c(NC(=O)CCCCN3C(=O)C=CC3=O)c2)CC(C)C(=O)O)cs1)C(C)C. The largest absolute Gasteiger partial charge is 0.524 e. The predicted molar refractivity (Wildman–Crippen MR) is 258 cm³/mol. The summed E-state index contributed by atoms with van der Waals surface area (Å²) in [6.07, 6.45) is 5.06. The second kappa shape index (κ2) is 26.1. The van der Waals surface area contributed by atoms with Gasteiger partial charge in [-0.2, -0.15) is 0 Å². The van der Waals surface area contributed by atoms with Crippen LogP contribution in [0.4, 0.5) is 5.69 Å². The molecule has 7 atom stereocenters. The molecule has 21 nitrogen and oxygen atoms in total. The number of aromatic nitrogens is 1. The van der Waals surface area contributed by atoms with E-state index in [1.807, 2.05) is 39.6 Å². The molecule has 70 heavy (non-hydrogen) atoms. The van der Waals surface area contributed by atoms with Crippen molar-refractivity contribution < 1.29 is 67.1 Å². The van der Waals surface area contributed by atoms with Gasteiger partial charge in [-0.05, 0) is 81.6 Å². The number of carboxylic acids is 1. The minimum Gasteiger partial charge on any atom is -0.481 e. The molecule has 0 saturated carbocycles. The maximum Gasteiger partial charge on any atom is 0.524 e. The second-order valence-corrected chi connectivity index (χ2v) is 20.5. The van der Waals surface area contributed by atoms with Crippen molar-refractivity contribution in [2.24, 2.45) is 17.8 Å². The van der Waals surface area contributed by atoms with Gasteiger partial charge in [-0.15, -0.1) is 11.3 Å². The van der Waals surface area contributed by atoms with Gasteiger partial charge in [0, 0.05) is 63.0 Å². The van der Waals surface area contributed by atoms with Crippen LogP contribution in [0.2, 0.25) is 0 Å². The van der Waals surface area contributed by atoms with Crippen LogP contribution in [0.15, 0.2) is 35.7 Å². The van der Waals surface area contributed by atoms with E-state index in [1.54, 1.807) is 11.9 Å². The van der Waals surface area contributed by atoms with Crippen LogP contribution in [-0.4, -0.2) is 133 Å². The fourth-order valence-electron chi connectivity index (χ4n) is 8.45. The molecule has 4 rings (SSSR count). The molecule has 6 N–H and O–H groups in total. The number of phosphoric acid groups is 1. The Bertz CT molecular complexity index is 2280. The average Bonchev–Trinajstić information content (AvgIpc) is 3.91. The van der Waals surface area contributed by atoms with Gasteiger partial charge < -0.3 is 35.2 Å². The summed E-state index contributed by atoms with van der Waals surface area (Å²) < 4.78 is 22.5. The second-order valence-electron chi connectivity index (χ2n) is 18.5. The number of likely N-dealkylation sites (N-methyl/N-ethyl adjacent to an activating group) is 2. The first-order valence-electron chi connectivity index (χ1n) is 23.5. The molecule has 0 spiro atoms. The minimum atomic E-state index is -5.10. The maximum atomic E-state index is 14.3. The number of carboxylic acid groups (broad SMARTS) is 1. The first-order chi connectivity index (χ1) is 32.9. The smallest absolute Gasteiger partial charge is 0.481 e. The highest BCUT2D eigenvalue weighted by Crippen LogP contribution is 2.41. The molecule has 1 aromatic carbocycles. The number of rotatable bonds is 26. The molecule has 0 bridgehead atoms. The molecule has 2 aliphatic rings. The number of esters is 1. The number of thiazole rings is 1. The van der Waals surface area contributed by atoms with Crippen LogP contribution < -0.4 is 20.5 Å². The zero-order valence-corrected chi connectivity index (χ0v) is 42.8. The van der Waals surface area contributed by atoms with Gasteiger partial charge in [0.2, 0.25) is 17.7 Å². The summed E-state index contributed by atoms with van der Waals surface area (Å²) in [7, 11) is -1.54. The van der Waals surface area contributed by atoms with Crippen molar-refractivity contribution >= 4 is 72.2 Å². The monoisotopic (exact) mass is 1020 g/mol. The summed E-state index contributed by atoms with van der Waals surface area (Å²) in [4.78, 5) is 131. The number of benzene rings is 1. The van der Waals surface area contributed by atoms with Crippen molar-refractivity contribution in [1.82, 2.24) is 30.3 Å². The summed E-state index contributed by atoms with van der Waals surface area (Å²) in [5.41, 5.74) is 0.242. The fourth-order valence-corrected chi connectivity index (χ4v) is 9.71. The summed E-state index contributed by atoms with van der Waals surface area (Å²) in [6, 6.07) is 1.52. The molecule has 2 aliphatic heterocycles. The Morgan fingerprint density at radius 3 is 2.29 bits per heavy atom. The highest BCUT2D eigenvalue weighted by molar-refractivity contribution is 7.46. The molecule has 386 valence electrons. The quantitative estimate of drug-likeness (QED) is 0.0325. The Hall–Kier alpha value is -5.54. The van der Waals surface area contributed by atoms with E-state index in [2.05, 4.69) is 20.9 Å². The number of nitrogens with zero attached hydrogens (tertiary/aromatic N) is 4. The Morgan fingerprint density at radius 2 is 1.69 bits per heavy atom. The highest BCUT2D eigenvalue weighted by Gasteiger charge is 2.38. The number of imide groups is 1. The Kier molecular flexibility index (Phi) is 21.2. The third-order valence-electron chi connectivity index (χ3n) is 12.6. The van der Waals surface area contributed by atoms with Crippen molar-refractivity contribution in [2.45, 2.75) is 136 Å². The van der Waals surface area contributed by atoms with Crippen molar-refractivity contribution in [3.63, 3.8) is 0 Å². The number of phosphoric ester groups is 1. The molecule has 1 fully saturated rings. The van der Waals surface area contributed by atoms with Crippen LogP contribution in [0.5, 0.6) is 5.75 Å². The number of carbonyl (C=O) groups excluding carboxylic acids is 7. The topological polar surface area (TPSA) is 291 Å². The van der Waals surface area contributed by atoms with Crippen molar-refractivity contribution in [1.29, 1.82) is 0 Å². The fraction of sp³-hybridized carbons (Fsp3) is 0.596. The number of nitrogens with one attached hydrogen (secondary N) is 3. The molecule has 3 heterocycles. The highest BCUT2D eigenvalue weighted by atomic mass is 32.1. The number of aliphatic carboxylic acids is 1. The van der Waals surface area contributed by atoms with Crippen LogP contribution >= 0.6 is 19.2 Å². The zero-order chi connectivity index (χ0) is 52.0. The normalized spacial score (nSPS) is 17.8. The number of unbranched alkanes of at least 4 members (excludes halogenated alkanes) is 1. The summed E-state index contributed by atoms with van der Waals surface area (Å²) in [6.45, 7) is 11.3. The third-order valence-corrected chi connectivity index (χ3v) is 14.0. The van der Waals surface area contributed by atoms with Crippen LogP contribution in [0.25, 0.3) is 0 Å². The van der Waals surface area contributed by atoms with Gasteiger partial charge in [0.15, 0.2) is 11.9 Å².